The van der Waals surface area contributed by atoms with Gasteiger partial charge in [0, 0.05) is 48.2 Å². The molecule has 1 fully saturated rings. The van der Waals surface area contributed by atoms with E-state index in [1.54, 1.807) is 0 Å². The topological polar surface area (TPSA) is 63.5 Å². The van der Waals surface area contributed by atoms with Crippen LogP contribution in [0.15, 0.2) is 36.4 Å². The number of nitrogens with zero attached hydrogens (tertiary/aromatic N) is 3. The van der Waals surface area contributed by atoms with Crippen LogP contribution in [0, 0.1) is 5.92 Å². The van der Waals surface area contributed by atoms with Crippen molar-refractivity contribution in [3.05, 3.63) is 47.7 Å². The molecule has 2 aliphatic rings. The Morgan fingerprint density at radius 3 is 2.86 bits per heavy atom. The van der Waals surface area contributed by atoms with Crippen LogP contribution in [-0.2, 0) is 10.2 Å². The monoisotopic (exact) mass is 391 g/mol. The highest BCUT2D eigenvalue weighted by molar-refractivity contribution is 5.69. The molecule has 5 rings (SSSR count). The molecule has 0 saturated carbocycles. The van der Waals surface area contributed by atoms with Crippen molar-refractivity contribution in [3.63, 3.8) is 0 Å². The summed E-state index contributed by atoms with van der Waals surface area (Å²) in [6.45, 7) is 9.52. The first-order valence-corrected chi connectivity index (χ1v) is 10.6. The van der Waals surface area contributed by atoms with Gasteiger partial charge in [0.2, 0.25) is 5.95 Å². The Kier molecular flexibility index (Phi) is 4.46. The molecule has 29 heavy (non-hydrogen) atoms. The van der Waals surface area contributed by atoms with Crippen LogP contribution in [0.1, 0.15) is 50.8 Å². The summed E-state index contributed by atoms with van der Waals surface area (Å²) in [5, 5.41) is 11.7. The summed E-state index contributed by atoms with van der Waals surface area (Å²) >= 11 is 0. The number of fused-ring (bicyclic) bond motifs is 2. The maximum atomic E-state index is 5.54. The third-order valence-corrected chi connectivity index (χ3v) is 6.55. The van der Waals surface area contributed by atoms with Gasteiger partial charge in [0.15, 0.2) is 5.65 Å². The summed E-state index contributed by atoms with van der Waals surface area (Å²) in [5.41, 5.74) is 5.82. The molecule has 0 amide bonds. The lowest BCUT2D eigenvalue weighted by Gasteiger charge is -2.28. The second-order valence-corrected chi connectivity index (χ2v) is 9.02. The normalized spacial score (nSPS) is 19.7. The second kappa shape index (κ2) is 7.02. The van der Waals surface area contributed by atoms with E-state index in [1.807, 2.05) is 10.6 Å². The average molecular weight is 392 g/mol. The van der Waals surface area contributed by atoms with E-state index in [-0.39, 0.29) is 5.41 Å². The summed E-state index contributed by atoms with van der Waals surface area (Å²) < 4.78 is 7.54. The highest BCUT2D eigenvalue weighted by Crippen LogP contribution is 2.38. The molecule has 1 atom stereocenters. The van der Waals surface area contributed by atoms with Crippen molar-refractivity contribution in [1.29, 1.82) is 0 Å². The molecule has 152 valence electrons. The van der Waals surface area contributed by atoms with E-state index in [1.165, 1.54) is 16.9 Å². The lowest BCUT2D eigenvalue weighted by atomic mass is 9.85. The van der Waals surface area contributed by atoms with Gasteiger partial charge in [-0.1, -0.05) is 32.9 Å². The number of ether oxygens (including phenoxy) is 1. The number of aromatic nitrogens is 3. The summed E-state index contributed by atoms with van der Waals surface area (Å²) in [6.07, 6.45) is 2.21. The quantitative estimate of drug-likeness (QED) is 0.675. The first-order valence-electron chi connectivity index (χ1n) is 10.6. The van der Waals surface area contributed by atoms with E-state index in [0.717, 1.165) is 43.9 Å². The second-order valence-electron chi connectivity index (χ2n) is 9.02. The largest absolute Gasteiger partial charge is 0.384 e. The predicted molar refractivity (Wildman–Crippen MR) is 116 cm³/mol. The number of benzene rings is 1. The van der Waals surface area contributed by atoms with Crippen LogP contribution >= 0.6 is 0 Å². The first kappa shape index (κ1) is 18.4. The maximum absolute atomic E-state index is 5.54. The van der Waals surface area contributed by atoms with Gasteiger partial charge >= 0.3 is 0 Å². The fourth-order valence-corrected chi connectivity index (χ4v) is 4.68. The van der Waals surface area contributed by atoms with Crippen LogP contribution in [0.4, 0.5) is 17.3 Å². The molecule has 0 bridgehead atoms. The van der Waals surface area contributed by atoms with E-state index >= 15 is 0 Å². The molecule has 2 aliphatic heterocycles. The van der Waals surface area contributed by atoms with E-state index in [4.69, 9.17) is 14.8 Å². The molecule has 4 heterocycles. The maximum Gasteiger partial charge on any atom is 0.247 e. The van der Waals surface area contributed by atoms with E-state index in [0.29, 0.717) is 17.8 Å². The molecule has 1 unspecified atom stereocenters. The molecule has 1 aromatic carbocycles. The van der Waals surface area contributed by atoms with Gasteiger partial charge in [-0.3, -0.25) is 0 Å². The minimum Gasteiger partial charge on any atom is -0.384 e. The standard InChI is InChI=1S/C23H29N5O/c1-15(16-9-11-29-12-10-16)20-5-4-6-21-26-22(27-28(20)21)25-17-7-8-18-19(13-17)24-14-23(18,2)3/h4-8,13,15-16,24H,9-12,14H2,1-3H3,(H,25,27). The fourth-order valence-electron chi connectivity index (χ4n) is 4.68. The van der Waals surface area contributed by atoms with E-state index in [2.05, 4.69) is 61.7 Å². The van der Waals surface area contributed by atoms with Gasteiger partial charge in [-0.2, -0.15) is 4.98 Å². The molecule has 6 nitrogen and oxygen atoms in total. The zero-order valence-electron chi connectivity index (χ0n) is 17.4. The number of pyridine rings is 1. The molecule has 3 aromatic rings. The highest BCUT2D eigenvalue weighted by atomic mass is 16.5. The molecule has 1 saturated heterocycles. The Bertz CT molecular complexity index is 1030. The van der Waals surface area contributed by atoms with Gasteiger partial charge in [0.25, 0.3) is 0 Å². The van der Waals surface area contributed by atoms with Crippen molar-refractivity contribution in [2.45, 2.75) is 44.9 Å². The summed E-state index contributed by atoms with van der Waals surface area (Å²) in [6, 6.07) is 12.7. The summed E-state index contributed by atoms with van der Waals surface area (Å²) in [7, 11) is 0. The molecular formula is C23H29N5O. The number of hydrogen-bond donors (Lipinski definition) is 2. The first-order chi connectivity index (χ1) is 14.0. The minimum atomic E-state index is 0.171. The molecule has 6 heteroatoms. The minimum absolute atomic E-state index is 0.171. The number of nitrogens with one attached hydrogen (secondary N) is 2. The van der Waals surface area contributed by atoms with Crippen LogP contribution in [0.5, 0.6) is 0 Å². The Balaban J connectivity index is 1.42. The van der Waals surface area contributed by atoms with Gasteiger partial charge in [0.1, 0.15) is 0 Å². The fraction of sp³-hybridized carbons (Fsp3) is 0.478. The van der Waals surface area contributed by atoms with Gasteiger partial charge in [-0.25, -0.2) is 4.52 Å². The van der Waals surface area contributed by atoms with Crippen LogP contribution in [0.25, 0.3) is 5.65 Å². The third-order valence-electron chi connectivity index (χ3n) is 6.55. The van der Waals surface area contributed by atoms with Crippen molar-refractivity contribution in [1.82, 2.24) is 14.6 Å². The highest BCUT2D eigenvalue weighted by Gasteiger charge is 2.29. The third kappa shape index (κ3) is 3.35. The Labute approximate surface area is 171 Å². The van der Waals surface area contributed by atoms with Gasteiger partial charge in [-0.15, -0.1) is 5.10 Å². The zero-order chi connectivity index (χ0) is 20.0. The van der Waals surface area contributed by atoms with E-state index < -0.39 is 0 Å². The predicted octanol–water partition coefficient (Wildman–Crippen LogP) is 4.71. The lowest BCUT2D eigenvalue weighted by Crippen LogP contribution is -2.22. The molecular weight excluding hydrogens is 362 g/mol. The smallest absolute Gasteiger partial charge is 0.247 e. The van der Waals surface area contributed by atoms with Crippen molar-refractivity contribution in [3.8, 4) is 0 Å². The number of anilines is 3. The van der Waals surface area contributed by atoms with Gasteiger partial charge in [-0.05, 0) is 48.6 Å². The number of rotatable bonds is 4. The zero-order valence-corrected chi connectivity index (χ0v) is 17.4. The van der Waals surface area contributed by atoms with Crippen molar-refractivity contribution in [2.24, 2.45) is 5.92 Å². The summed E-state index contributed by atoms with van der Waals surface area (Å²) in [4.78, 5) is 4.71. The van der Waals surface area contributed by atoms with Gasteiger partial charge in [0.05, 0.1) is 0 Å². The Morgan fingerprint density at radius 1 is 1.21 bits per heavy atom. The molecule has 2 N–H and O–H groups in total. The molecule has 0 radical (unpaired) electrons. The van der Waals surface area contributed by atoms with Crippen LogP contribution in [0.2, 0.25) is 0 Å². The van der Waals surface area contributed by atoms with Crippen molar-refractivity contribution < 1.29 is 4.74 Å². The average Bonchev–Trinajstić information content (AvgIpc) is 3.27. The molecule has 2 aromatic heterocycles. The van der Waals surface area contributed by atoms with Gasteiger partial charge < -0.3 is 15.4 Å². The Hall–Kier alpha value is -2.60. The molecule has 0 aliphatic carbocycles. The Morgan fingerprint density at radius 2 is 2.03 bits per heavy atom. The number of hydrogen-bond acceptors (Lipinski definition) is 5. The SMILES string of the molecule is CC(c1cccc2nc(Nc3ccc4c(c3)NCC4(C)C)nn12)C1CCOCC1. The van der Waals surface area contributed by atoms with Crippen LogP contribution in [-0.4, -0.2) is 34.4 Å². The van der Waals surface area contributed by atoms with Crippen LogP contribution in [0.3, 0.4) is 0 Å². The van der Waals surface area contributed by atoms with Crippen molar-refractivity contribution in [2.75, 3.05) is 30.4 Å². The summed E-state index contributed by atoms with van der Waals surface area (Å²) in [5.74, 6) is 1.68. The molecule has 0 spiro atoms. The van der Waals surface area contributed by atoms with E-state index in [9.17, 15) is 0 Å². The lowest BCUT2D eigenvalue weighted by molar-refractivity contribution is 0.0590. The van der Waals surface area contributed by atoms with Crippen molar-refractivity contribution >= 4 is 23.0 Å². The van der Waals surface area contributed by atoms with Crippen LogP contribution < -0.4 is 10.6 Å².